The van der Waals surface area contributed by atoms with Gasteiger partial charge in [0.1, 0.15) is 0 Å². The molecule has 13 heteroatoms. The Morgan fingerprint density at radius 1 is 0.393 bits per heavy atom. The molecule has 336 valence electrons. The third kappa shape index (κ3) is 11.7. The molecule has 0 saturated heterocycles. The van der Waals surface area contributed by atoms with E-state index in [0.29, 0.717) is 5.69 Å². The van der Waals surface area contributed by atoms with Crippen molar-refractivity contribution in [1.29, 1.82) is 0 Å². The van der Waals surface area contributed by atoms with Crippen molar-refractivity contribution in [1.82, 2.24) is 12.9 Å². The van der Waals surface area contributed by atoms with Crippen molar-refractivity contribution >= 4 is 35.8 Å². The summed E-state index contributed by atoms with van der Waals surface area (Å²) in [7, 11) is -12.3. The number of hydrogen-bond acceptors (Lipinski definition) is 7. The summed E-state index contributed by atoms with van der Waals surface area (Å²) < 4.78 is 92.4. The molecule has 0 aromatic heterocycles. The van der Waals surface area contributed by atoms with Gasteiger partial charge in [-0.2, -0.15) is 12.9 Å². The zero-order valence-electron chi connectivity index (χ0n) is 38.4. The van der Waals surface area contributed by atoms with Crippen molar-refractivity contribution in [3.63, 3.8) is 0 Å². The molecule has 1 aliphatic rings. The van der Waals surface area contributed by atoms with Gasteiger partial charge in [0.2, 0.25) is 30.1 Å². The molecule has 0 fully saturated rings. The van der Waals surface area contributed by atoms with Gasteiger partial charge < -0.3 is 5.73 Å². The largest absolute Gasteiger partial charge is 0.399 e. The molecule has 0 saturated carbocycles. The molecule has 1 aliphatic heterocycles. The van der Waals surface area contributed by atoms with Gasteiger partial charge in [-0.05, 0) is 93.2 Å². The number of nitrogens with two attached hydrogens (primary N) is 1. The first kappa shape index (κ1) is 50.1. The van der Waals surface area contributed by atoms with Gasteiger partial charge in [-0.3, -0.25) is 0 Å². The van der Waals surface area contributed by atoms with Crippen LogP contribution in [0.25, 0.3) is 0 Å². The molecule has 0 aliphatic carbocycles. The van der Waals surface area contributed by atoms with Crippen LogP contribution in [0.1, 0.15) is 152 Å². The van der Waals surface area contributed by atoms with Crippen LogP contribution in [0, 0.1) is 0 Å². The van der Waals surface area contributed by atoms with E-state index in [2.05, 4.69) is 27.7 Å². The lowest BCUT2D eigenvalue weighted by Gasteiger charge is -2.28. The average molecular weight is 895 g/mol. The van der Waals surface area contributed by atoms with Crippen LogP contribution >= 0.6 is 0 Å². The second-order valence-corrected chi connectivity index (χ2v) is 23.6. The smallest absolute Gasteiger partial charge is 0.244 e. The first-order valence-corrected chi connectivity index (χ1v) is 25.9. The molecule has 2 N–H and O–H groups in total. The lowest BCUT2D eigenvalue weighted by atomic mass is 9.89. The molecule has 3 aromatic carbocycles. The minimum absolute atomic E-state index is 0.0393. The molecule has 0 atom stereocenters. The predicted molar refractivity (Wildman–Crippen MR) is 252 cm³/mol. The minimum Gasteiger partial charge on any atom is -0.399 e. The van der Waals surface area contributed by atoms with E-state index < -0.39 is 30.1 Å². The summed E-state index contributed by atoms with van der Waals surface area (Å²) in [4.78, 5) is 0.628. The number of benzene rings is 3. The number of rotatable bonds is 12. The lowest BCUT2D eigenvalue weighted by Crippen LogP contribution is -2.34. The van der Waals surface area contributed by atoms with E-state index in [4.69, 9.17) is 5.73 Å². The van der Waals surface area contributed by atoms with Crippen molar-refractivity contribution < 1.29 is 25.3 Å². The van der Waals surface area contributed by atoms with Crippen LogP contribution in [-0.2, 0) is 30.1 Å². The molecule has 4 rings (SSSR count). The zero-order valence-corrected chi connectivity index (χ0v) is 40.8. The van der Waals surface area contributed by atoms with Gasteiger partial charge in [0.05, 0.1) is 14.7 Å². The van der Waals surface area contributed by atoms with E-state index in [-0.39, 0.29) is 89.5 Å². The number of sulfonamides is 3. The van der Waals surface area contributed by atoms with Crippen LogP contribution in [0.15, 0.2) is 99.7 Å². The molecule has 0 unspecified atom stereocenters. The topological polar surface area (TPSA) is 138 Å². The summed E-state index contributed by atoms with van der Waals surface area (Å²) in [6, 6.07) is 14.0. The molecule has 0 radical (unpaired) electrons. The molecule has 10 nitrogen and oxygen atoms in total. The first-order valence-electron chi connectivity index (χ1n) is 21.6. The molecule has 1 heterocycles. The monoisotopic (exact) mass is 894 g/mol. The maximum atomic E-state index is 15.1. The molecule has 0 spiro atoms. The quantitative estimate of drug-likeness (QED) is 0.141. The van der Waals surface area contributed by atoms with Crippen molar-refractivity contribution in [2.45, 2.75) is 133 Å². The Labute approximate surface area is 368 Å². The van der Waals surface area contributed by atoms with Crippen LogP contribution in [-0.4, -0.2) is 77.4 Å². The second-order valence-electron chi connectivity index (χ2n) is 17.9. The van der Waals surface area contributed by atoms with Crippen molar-refractivity contribution in [3.05, 3.63) is 118 Å². The molecule has 0 amide bonds. The summed E-state index contributed by atoms with van der Waals surface area (Å²) in [5, 5.41) is 0. The molecular formula is C48H70N4O6S3. The third-order valence-electron chi connectivity index (χ3n) is 11.2. The minimum atomic E-state index is -4.14. The maximum absolute atomic E-state index is 15.1. The van der Waals surface area contributed by atoms with Crippen LogP contribution < -0.4 is 5.73 Å². The fourth-order valence-corrected chi connectivity index (χ4v) is 12.7. The van der Waals surface area contributed by atoms with E-state index in [1.807, 2.05) is 79.7 Å². The Hall–Kier alpha value is -3.59. The van der Waals surface area contributed by atoms with E-state index in [9.17, 15) is 8.42 Å². The normalized spacial score (nSPS) is 18.0. The predicted octanol–water partition coefficient (Wildman–Crippen LogP) is 10.1. The Kier molecular flexibility index (Phi) is 17.0. The van der Waals surface area contributed by atoms with Crippen LogP contribution in [0.5, 0.6) is 0 Å². The summed E-state index contributed by atoms with van der Waals surface area (Å²) >= 11 is 0. The lowest BCUT2D eigenvalue weighted by molar-refractivity contribution is 0.462. The fourth-order valence-electron chi connectivity index (χ4n) is 7.39. The van der Waals surface area contributed by atoms with Gasteiger partial charge in [0.25, 0.3) is 0 Å². The van der Waals surface area contributed by atoms with Crippen molar-refractivity contribution in [2.24, 2.45) is 0 Å². The van der Waals surface area contributed by atoms with Gasteiger partial charge in [-0.15, -0.1) is 0 Å². The summed E-state index contributed by atoms with van der Waals surface area (Å²) in [5.41, 5.74) is 11.4. The highest BCUT2D eigenvalue weighted by molar-refractivity contribution is 7.89. The second kappa shape index (κ2) is 20.7. The van der Waals surface area contributed by atoms with Crippen LogP contribution in [0.3, 0.4) is 0 Å². The number of nitrogen functional groups attached to an aromatic ring is 1. The SMILES string of the molecule is CC(C)c1cc(C(C)C)c(S(=O)(=O)N2C/C=C/CN(S(=O)(=O)c3ccc(N)cc3)C/C=C/CN(S(=O)(=O)c3c(C(C)C)cc(C(C)C)cc3C(C)C)C/C=C/C2)c(C(C)C)c1. The Bertz CT molecular complexity index is 2220. The van der Waals surface area contributed by atoms with Crippen LogP contribution in [0.2, 0.25) is 0 Å². The average Bonchev–Trinajstić information content (AvgIpc) is 3.19. The van der Waals surface area contributed by atoms with Gasteiger partial charge in [-0.25, -0.2) is 25.3 Å². The highest BCUT2D eigenvalue weighted by Crippen LogP contribution is 2.38. The number of hydrogen-bond donors (Lipinski definition) is 1. The van der Waals surface area contributed by atoms with E-state index >= 15 is 16.8 Å². The van der Waals surface area contributed by atoms with Crippen molar-refractivity contribution in [2.75, 3.05) is 45.0 Å². The third-order valence-corrected chi connectivity index (χ3v) is 17.0. The Balaban J connectivity index is 1.92. The maximum Gasteiger partial charge on any atom is 0.244 e. The highest BCUT2D eigenvalue weighted by Gasteiger charge is 2.33. The first-order chi connectivity index (χ1) is 28.4. The van der Waals surface area contributed by atoms with Crippen LogP contribution in [0.4, 0.5) is 5.69 Å². The fraction of sp³-hybridized carbons (Fsp3) is 0.500. The summed E-state index contributed by atoms with van der Waals surface area (Å²) in [5.74, 6) is 0.0349. The molecule has 61 heavy (non-hydrogen) atoms. The Morgan fingerprint density at radius 2 is 0.639 bits per heavy atom. The number of anilines is 1. The van der Waals surface area contributed by atoms with E-state index in [1.54, 1.807) is 36.5 Å². The van der Waals surface area contributed by atoms with Gasteiger partial charge in [0, 0.05) is 45.0 Å². The number of nitrogens with zero attached hydrogens (tertiary/aromatic N) is 3. The van der Waals surface area contributed by atoms with Gasteiger partial charge in [-0.1, -0.05) is 144 Å². The molecule has 0 bridgehead atoms. The standard InChI is InChI=1S/C48H70N4O6S3/c1-33(2)39-29-43(35(5)6)47(44(30-39)36(7)8)60(55,56)51-25-15-13-23-50(59(53,54)42-21-19-41(49)20-22-42)24-14-16-26-52(28-18-17-27-51)61(57,58)48-45(37(9)10)31-40(34(3)4)32-46(48)38(11)12/h13-22,29-38H,23-28,49H2,1-12H3/b15-13+,16-14+,18-17+. The van der Waals surface area contributed by atoms with E-state index in [1.165, 1.54) is 37.2 Å². The summed E-state index contributed by atoms with van der Waals surface area (Å²) in [6.45, 7) is 24.1. The van der Waals surface area contributed by atoms with Gasteiger partial charge in [0.15, 0.2) is 0 Å². The van der Waals surface area contributed by atoms with Crippen molar-refractivity contribution in [3.8, 4) is 0 Å². The van der Waals surface area contributed by atoms with E-state index in [0.717, 1.165) is 33.4 Å². The summed E-state index contributed by atoms with van der Waals surface area (Å²) in [6.07, 6.45) is 10.1. The highest BCUT2D eigenvalue weighted by atomic mass is 32.2. The molecule has 3 aromatic rings. The Morgan fingerprint density at radius 3 is 0.869 bits per heavy atom. The zero-order chi connectivity index (χ0) is 45.6. The van der Waals surface area contributed by atoms with Gasteiger partial charge >= 0.3 is 0 Å². The molecular weight excluding hydrogens is 825 g/mol.